The van der Waals surface area contributed by atoms with Gasteiger partial charge in [0.1, 0.15) is 17.5 Å². The molecule has 1 saturated carbocycles. The van der Waals surface area contributed by atoms with Crippen molar-refractivity contribution in [3.05, 3.63) is 71.8 Å². The molecule has 1 N–H and O–H groups in total. The Morgan fingerprint density at radius 3 is 2.70 bits per heavy atom. The van der Waals surface area contributed by atoms with Gasteiger partial charge in [-0.25, -0.2) is 18.8 Å². The first-order chi connectivity index (χ1) is 13.0. The normalized spacial score (nSPS) is 16.0. The number of aryl methyl sites for hydroxylation is 1. The first-order valence-corrected chi connectivity index (χ1v) is 8.93. The van der Waals surface area contributed by atoms with E-state index in [0.29, 0.717) is 29.2 Å². The maximum Gasteiger partial charge on any atom is 0.239 e. The number of hydrazine groups is 1. The van der Waals surface area contributed by atoms with Crippen LogP contribution in [0.5, 0.6) is 0 Å². The smallest absolute Gasteiger partial charge is 0.239 e. The number of carbonyl (C=O) groups excluding carboxylic acids is 1. The highest BCUT2D eigenvalue weighted by atomic mass is 19.1. The Morgan fingerprint density at radius 1 is 1.19 bits per heavy atom. The van der Waals surface area contributed by atoms with Crippen molar-refractivity contribution in [2.24, 2.45) is 10.9 Å². The lowest BCUT2D eigenvalue weighted by Gasteiger charge is -2.32. The molecule has 1 heterocycles. The quantitative estimate of drug-likeness (QED) is 0.854. The highest BCUT2D eigenvalue weighted by molar-refractivity contribution is 6.01. The van der Waals surface area contributed by atoms with E-state index in [9.17, 15) is 13.6 Å². The van der Waals surface area contributed by atoms with Crippen LogP contribution in [0.4, 0.5) is 14.5 Å². The number of amidine groups is 1. The Labute approximate surface area is 156 Å². The van der Waals surface area contributed by atoms with Crippen molar-refractivity contribution < 1.29 is 13.6 Å². The molecule has 6 heteroatoms. The van der Waals surface area contributed by atoms with E-state index in [-0.39, 0.29) is 29.9 Å². The fourth-order valence-electron chi connectivity index (χ4n) is 3.14. The van der Waals surface area contributed by atoms with Crippen molar-refractivity contribution in [1.29, 1.82) is 0 Å². The molecule has 0 atom stereocenters. The van der Waals surface area contributed by atoms with Gasteiger partial charge in [0.2, 0.25) is 5.91 Å². The van der Waals surface area contributed by atoms with Gasteiger partial charge in [-0.1, -0.05) is 18.7 Å². The molecule has 4 rings (SSSR count). The molecular formula is C21H19F2N3O. The molecule has 1 fully saturated rings. The van der Waals surface area contributed by atoms with Gasteiger partial charge in [-0.05, 0) is 49.1 Å². The summed E-state index contributed by atoms with van der Waals surface area (Å²) in [5.41, 5.74) is 5.41. The predicted octanol–water partition coefficient (Wildman–Crippen LogP) is 4.36. The predicted molar refractivity (Wildman–Crippen MR) is 100.0 cm³/mol. The number of benzene rings is 2. The van der Waals surface area contributed by atoms with E-state index in [0.717, 1.165) is 18.4 Å². The fraction of sp³-hybridized carbons (Fsp3) is 0.238. The molecule has 0 spiro atoms. The highest BCUT2D eigenvalue weighted by Gasteiger charge is 2.36. The fourth-order valence-corrected chi connectivity index (χ4v) is 3.14. The molecule has 0 saturated heterocycles. The molecule has 2 aromatic carbocycles. The van der Waals surface area contributed by atoms with Crippen LogP contribution in [-0.4, -0.2) is 16.8 Å². The van der Waals surface area contributed by atoms with Crippen LogP contribution in [0.1, 0.15) is 30.4 Å². The summed E-state index contributed by atoms with van der Waals surface area (Å²) in [6, 6.07) is 10.6. The van der Waals surface area contributed by atoms with Crippen molar-refractivity contribution in [2.45, 2.75) is 25.7 Å². The van der Waals surface area contributed by atoms with E-state index in [1.807, 2.05) is 0 Å². The van der Waals surface area contributed by atoms with Gasteiger partial charge < -0.3 is 0 Å². The summed E-state index contributed by atoms with van der Waals surface area (Å²) < 4.78 is 26.8. The SMILES string of the molecule is C=C1c2ccc(F)cc2N=C(C2CC2)N1NC(=O)CCc1cccc(F)c1. The van der Waals surface area contributed by atoms with Crippen molar-refractivity contribution in [1.82, 2.24) is 10.4 Å². The number of carbonyl (C=O) groups is 1. The summed E-state index contributed by atoms with van der Waals surface area (Å²) in [6.07, 6.45) is 2.60. The summed E-state index contributed by atoms with van der Waals surface area (Å²) in [4.78, 5) is 17.0. The Hall–Kier alpha value is -3.02. The van der Waals surface area contributed by atoms with Gasteiger partial charge >= 0.3 is 0 Å². The lowest BCUT2D eigenvalue weighted by molar-refractivity contribution is -0.123. The minimum Gasteiger partial charge on any atom is -0.273 e. The summed E-state index contributed by atoms with van der Waals surface area (Å²) in [5.74, 6) is 0.0514. The average Bonchev–Trinajstić information content (AvgIpc) is 3.47. The monoisotopic (exact) mass is 367 g/mol. The van der Waals surface area contributed by atoms with Gasteiger partial charge in [0.25, 0.3) is 0 Å². The maximum atomic E-state index is 13.6. The Balaban J connectivity index is 1.50. The lowest BCUT2D eigenvalue weighted by atomic mass is 10.1. The third kappa shape index (κ3) is 3.74. The Kier molecular flexibility index (Phi) is 4.48. The number of hydrogen-bond donors (Lipinski definition) is 1. The first-order valence-electron chi connectivity index (χ1n) is 8.93. The van der Waals surface area contributed by atoms with E-state index in [4.69, 9.17) is 0 Å². The summed E-state index contributed by atoms with van der Waals surface area (Å²) >= 11 is 0. The van der Waals surface area contributed by atoms with E-state index in [1.54, 1.807) is 23.2 Å². The minimum absolute atomic E-state index is 0.209. The number of halogens is 2. The summed E-state index contributed by atoms with van der Waals surface area (Å²) in [6.45, 7) is 4.07. The second kappa shape index (κ2) is 6.95. The van der Waals surface area contributed by atoms with E-state index >= 15 is 0 Å². The van der Waals surface area contributed by atoms with Gasteiger partial charge in [-0.15, -0.1) is 0 Å². The summed E-state index contributed by atoms with van der Waals surface area (Å²) in [5, 5.41) is 1.62. The van der Waals surface area contributed by atoms with Gasteiger partial charge in [-0.3, -0.25) is 10.2 Å². The number of aliphatic imine (C=N–C) groups is 1. The molecular weight excluding hydrogens is 348 g/mol. The molecule has 138 valence electrons. The number of nitrogens with zero attached hydrogens (tertiary/aromatic N) is 2. The molecule has 1 aliphatic carbocycles. The maximum absolute atomic E-state index is 13.6. The average molecular weight is 367 g/mol. The molecule has 1 aliphatic heterocycles. The highest BCUT2D eigenvalue weighted by Crippen LogP contribution is 2.40. The van der Waals surface area contributed by atoms with Crippen LogP contribution >= 0.6 is 0 Å². The third-order valence-corrected chi connectivity index (χ3v) is 4.71. The van der Waals surface area contributed by atoms with Gasteiger partial charge in [0.15, 0.2) is 0 Å². The number of amides is 1. The summed E-state index contributed by atoms with van der Waals surface area (Å²) in [7, 11) is 0. The van der Waals surface area contributed by atoms with Crippen LogP contribution in [0.25, 0.3) is 5.70 Å². The number of hydrogen-bond acceptors (Lipinski definition) is 3. The van der Waals surface area contributed by atoms with Crippen LogP contribution < -0.4 is 5.43 Å². The zero-order chi connectivity index (χ0) is 19.0. The van der Waals surface area contributed by atoms with Crippen molar-refractivity contribution in [3.63, 3.8) is 0 Å². The molecule has 2 aliphatic rings. The molecule has 1 amide bonds. The Bertz CT molecular complexity index is 950. The molecule has 0 radical (unpaired) electrons. The van der Waals surface area contributed by atoms with E-state index in [1.165, 1.54) is 24.3 Å². The molecule has 0 bridgehead atoms. The van der Waals surface area contributed by atoms with Crippen molar-refractivity contribution in [2.75, 3.05) is 0 Å². The topological polar surface area (TPSA) is 44.7 Å². The molecule has 4 nitrogen and oxygen atoms in total. The van der Waals surface area contributed by atoms with Gasteiger partial charge in [-0.2, -0.15) is 0 Å². The van der Waals surface area contributed by atoms with Crippen LogP contribution in [0.15, 0.2) is 54.0 Å². The van der Waals surface area contributed by atoms with Gasteiger partial charge in [0.05, 0.1) is 11.4 Å². The van der Waals surface area contributed by atoms with E-state index < -0.39 is 0 Å². The second-order valence-electron chi connectivity index (χ2n) is 6.85. The van der Waals surface area contributed by atoms with Crippen LogP contribution in [0, 0.1) is 17.6 Å². The van der Waals surface area contributed by atoms with Crippen LogP contribution in [0.3, 0.4) is 0 Å². The zero-order valence-corrected chi connectivity index (χ0v) is 14.7. The van der Waals surface area contributed by atoms with E-state index in [2.05, 4.69) is 17.0 Å². The van der Waals surface area contributed by atoms with Crippen molar-refractivity contribution >= 4 is 23.1 Å². The second-order valence-corrected chi connectivity index (χ2v) is 6.85. The zero-order valence-electron chi connectivity index (χ0n) is 14.7. The first kappa shape index (κ1) is 17.4. The standard InChI is InChI=1S/C21H19F2N3O/c1-13-18-9-8-17(23)12-19(18)24-21(15-6-7-15)26(13)25-20(27)10-5-14-3-2-4-16(22)11-14/h2-4,8-9,11-12,15H,1,5-7,10H2,(H,25,27). The largest absolute Gasteiger partial charge is 0.273 e. The van der Waals surface area contributed by atoms with Crippen molar-refractivity contribution in [3.8, 4) is 0 Å². The van der Waals surface area contributed by atoms with Gasteiger partial charge in [0, 0.05) is 24.0 Å². The number of nitrogens with one attached hydrogen (secondary N) is 1. The molecule has 0 aromatic heterocycles. The lowest BCUT2D eigenvalue weighted by Crippen LogP contribution is -2.46. The Morgan fingerprint density at radius 2 is 1.96 bits per heavy atom. The number of rotatable bonds is 5. The number of fused-ring (bicyclic) bond motifs is 1. The van der Waals surface area contributed by atoms with Crippen LogP contribution in [-0.2, 0) is 11.2 Å². The molecule has 27 heavy (non-hydrogen) atoms. The molecule has 2 aromatic rings. The minimum atomic E-state index is -0.354. The third-order valence-electron chi connectivity index (χ3n) is 4.71. The van der Waals surface area contributed by atoms with Crippen LogP contribution in [0.2, 0.25) is 0 Å². The molecule has 0 unspecified atom stereocenters.